The Morgan fingerprint density at radius 1 is 1.23 bits per heavy atom. The molecule has 6 nitrogen and oxygen atoms in total. The number of rotatable bonds is 5. The van der Waals surface area contributed by atoms with Gasteiger partial charge in [0, 0.05) is 12.7 Å². The van der Waals surface area contributed by atoms with E-state index in [2.05, 4.69) is 15.3 Å². The summed E-state index contributed by atoms with van der Waals surface area (Å²) in [5, 5.41) is 13.1. The van der Waals surface area contributed by atoms with Gasteiger partial charge in [-0.3, -0.25) is 14.6 Å². The van der Waals surface area contributed by atoms with Gasteiger partial charge in [-0.1, -0.05) is 30.3 Å². The molecule has 26 heavy (non-hydrogen) atoms. The van der Waals surface area contributed by atoms with Gasteiger partial charge in [0.1, 0.15) is 11.1 Å². The van der Waals surface area contributed by atoms with Crippen LogP contribution >= 0.6 is 0 Å². The topological polar surface area (TPSA) is 95.1 Å². The minimum Gasteiger partial charge on any atom is -0.505 e. The van der Waals surface area contributed by atoms with E-state index in [0.717, 1.165) is 24.0 Å². The fourth-order valence-electron chi connectivity index (χ4n) is 2.99. The molecule has 1 saturated carbocycles. The molecule has 6 heteroatoms. The third-order valence-corrected chi connectivity index (χ3v) is 4.61. The molecular formula is C20H19N3O3. The van der Waals surface area contributed by atoms with Gasteiger partial charge in [0.25, 0.3) is 11.5 Å². The van der Waals surface area contributed by atoms with E-state index in [9.17, 15) is 14.7 Å². The fraction of sp³-hybridized carbons (Fsp3) is 0.250. The van der Waals surface area contributed by atoms with Crippen LogP contribution in [0.25, 0.3) is 11.0 Å². The lowest BCUT2D eigenvalue weighted by Crippen LogP contribution is -2.31. The number of aromatic amines is 1. The number of benzene rings is 1. The number of hydrogen-bond donors (Lipinski definition) is 3. The summed E-state index contributed by atoms with van der Waals surface area (Å²) >= 11 is 0. The first-order valence-electron chi connectivity index (χ1n) is 8.68. The van der Waals surface area contributed by atoms with Crippen molar-refractivity contribution in [3.05, 3.63) is 69.6 Å². The summed E-state index contributed by atoms with van der Waals surface area (Å²) in [4.78, 5) is 31.5. The van der Waals surface area contributed by atoms with Crippen LogP contribution in [0.1, 0.15) is 34.3 Å². The molecule has 0 spiro atoms. The van der Waals surface area contributed by atoms with Gasteiger partial charge in [-0.2, -0.15) is 0 Å². The van der Waals surface area contributed by atoms with Crippen molar-refractivity contribution in [2.45, 2.75) is 19.3 Å². The first-order chi connectivity index (χ1) is 12.6. The van der Waals surface area contributed by atoms with Crippen molar-refractivity contribution in [1.82, 2.24) is 15.3 Å². The molecule has 132 valence electrons. The average molecular weight is 349 g/mol. The zero-order chi connectivity index (χ0) is 18.1. The van der Waals surface area contributed by atoms with E-state index in [1.165, 1.54) is 0 Å². The van der Waals surface area contributed by atoms with Gasteiger partial charge in [0.2, 0.25) is 0 Å². The van der Waals surface area contributed by atoms with E-state index in [4.69, 9.17) is 0 Å². The Morgan fingerprint density at radius 2 is 2.00 bits per heavy atom. The zero-order valence-electron chi connectivity index (χ0n) is 14.2. The molecule has 1 fully saturated rings. The van der Waals surface area contributed by atoms with Gasteiger partial charge in [-0.15, -0.1) is 0 Å². The van der Waals surface area contributed by atoms with Crippen LogP contribution in [0.4, 0.5) is 0 Å². The molecule has 4 rings (SSSR count). The van der Waals surface area contributed by atoms with Crippen LogP contribution < -0.4 is 10.9 Å². The number of aromatic hydroxyl groups is 1. The molecule has 0 aliphatic heterocycles. The van der Waals surface area contributed by atoms with E-state index in [1.54, 1.807) is 12.3 Å². The van der Waals surface area contributed by atoms with Crippen LogP contribution in [0.15, 0.2) is 47.4 Å². The van der Waals surface area contributed by atoms with Crippen molar-refractivity contribution < 1.29 is 9.90 Å². The second-order valence-electron chi connectivity index (χ2n) is 6.73. The predicted molar refractivity (Wildman–Crippen MR) is 98.3 cm³/mol. The summed E-state index contributed by atoms with van der Waals surface area (Å²) in [5.41, 5.74) is 1.78. The predicted octanol–water partition coefficient (Wildman–Crippen LogP) is 2.36. The Bertz CT molecular complexity index is 1020. The van der Waals surface area contributed by atoms with Crippen molar-refractivity contribution in [2.75, 3.05) is 6.54 Å². The molecule has 0 atom stereocenters. The SMILES string of the molecule is O=C(NCC1CC1)c1c(O)c2ncc(Cc3ccccc3)cc2[nH]c1=O. The summed E-state index contributed by atoms with van der Waals surface area (Å²) < 4.78 is 0. The lowest BCUT2D eigenvalue weighted by atomic mass is 10.1. The Labute approximate surface area is 149 Å². The van der Waals surface area contributed by atoms with Crippen molar-refractivity contribution in [2.24, 2.45) is 5.92 Å². The lowest BCUT2D eigenvalue weighted by molar-refractivity contribution is 0.0948. The third kappa shape index (κ3) is 3.31. The smallest absolute Gasteiger partial charge is 0.265 e. The van der Waals surface area contributed by atoms with Crippen molar-refractivity contribution in [1.29, 1.82) is 0 Å². The zero-order valence-corrected chi connectivity index (χ0v) is 14.2. The first kappa shape index (κ1) is 16.3. The molecule has 2 aromatic heterocycles. The van der Waals surface area contributed by atoms with Gasteiger partial charge in [0.05, 0.1) is 5.52 Å². The van der Waals surface area contributed by atoms with Crippen LogP contribution in [0.3, 0.4) is 0 Å². The largest absolute Gasteiger partial charge is 0.505 e. The number of carbonyl (C=O) groups is 1. The Hall–Kier alpha value is -3.15. The molecule has 1 aliphatic carbocycles. The molecule has 0 bridgehead atoms. The highest BCUT2D eigenvalue weighted by Crippen LogP contribution is 2.28. The van der Waals surface area contributed by atoms with Gasteiger partial charge in [-0.05, 0) is 42.4 Å². The van der Waals surface area contributed by atoms with Crippen molar-refractivity contribution in [3.8, 4) is 5.75 Å². The standard InChI is InChI=1S/C20H19N3O3/c24-18-16(19(25)22-10-13-6-7-13)20(26)23-15-9-14(11-21-17(15)18)8-12-4-2-1-3-5-12/h1-5,9,11,13H,6-8,10H2,(H,22,25)(H2,23,24,26). The van der Waals surface area contributed by atoms with Gasteiger partial charge < -0.3 is 15.4 Å². The molecular weight excluding hydrogens is 330 g/mol. The first-order valence-corrected chi connectivity index (χ1v) is 8.68. The number of pyridine rings is 2. The second-order valence-corrected chi connectivity index (χ2v) is 6.73. The van der Waals surface area contributed by atoms with Crippen molar-refractivity contribution in [3.63, 3.8) is 0 Å². The van der Waals surface area contributed by atoms with E-state index in [-0.39, 0.29) is 16.8 Å². The van der Waals surface area contributed by atoms with E-state index < -0.39 is 11.5 Å². The fourth-order valence-corrected chi connectivity index (χ4v) is 2.99. The highest BCUT2D eigenvalue weighted by atomic mass is 16.3. The summed E-state index contributed by atoms with van der Waals surface area (Å²) in [7, 11) is 0. The average Bonchev–Trinajstić information content (AvgIpc) is 3.45. The molecule has 0 unspecified atom stereocenters. The van der Waals surface area contributed by atoms with E-state index in [1.807, 2.05) is 30.3 Å². The van der Waals surface area contributed by atoms with Crippen LogP contribution in [0.2, 0.25) is 0 Å². The molecule has 3 N–H and O–H groups in total. The third-order valence-electron chi connectivity index (χ3n) is 4.61. The minimum atomic E-state index is -0.609. The number of H-pyrrole nitrogens is 1. The number of nitrogens with one attached hydrogen (secondary N) is 2. The van der Waals surface area contributed by atoms with Gasteiger partial charge in [0.15, 0.2) is 5.75 Å². The maximum absolute atomic E-state index is 12.3. The summed E-state index contributed by atoms with van der Waals surface area (Å²) in [6, 6.07) is 11.7. The summed E-state index contributed by atoms with van der Waals surface area (Å²) in [6.07, 6.45) is 4.49. The number of amides is 1. The minimum absolute atomic E-state index is 0.220. The van der Waals surface area contributed by atoms with Crippen molar-refractivity contribution >= 4 is 16.9 Å². The maximum Gasteiger partial charge on any atom is 0.265 e. The molecule has 2 heterocycles. The Kier molecular flexibility index (Phi) is 4.16. The summed E-state index contributed by atoms with van der Waals surface area (Å²) in [6.45, 7) is 0.527. The van der Waals surface area contributed by atoms with E-state index >= 15 is 0 Å². The molecule has 0 saturated heterocycles. The molecule has 1 amide bonds. The number of nitrogens with zero attached hydrogens (tertiary/aromatic N) is 1. The number of fused-ring (bicyclic) bond motifs is 1. The monoisotopic (exact) mass is 349 g/mol. The lowest BCUT2D eigenvalue weighted by Gasteiger charge is -2.09. The van der Waals surface area contributed by atoms with Crippen LogP contribution in [-0.4, -0.2) is 27.5 Å². The second kappa shape index (κ2) is 6.63. The van der Waals surface area contributed by atoms with Crippen LogP contribution in [-0.2, 0) is 6.42 Å². The quantitative estimate of drug-likeness (QED) is 0.659. The molecule has 0 radical (unpaired) electrons. The molecule has 1 aliphatic rings. The van der Waals surface area contributed by atoms with Gasteiger partial charge in [-0.25, -0.2) is 0 Å². The molecule has 3 aromatic rings. The Balaban J connectivity index is 1.66. The molecule has 1 aromatic carbocycles. The number of hydrogen-bond acceptors (Lipinski definition) is 4. The summed E-state index contributed by atoms with van der Waals surface area (Å²) in [5.74, 6) is -0.449. The number of carbonyl (C=O) groups excluding carboxylic acids is 1. The highest BCUT2D eigenvalue weighted by molar-refractivity contribution is 6.01. The Morgan fingerprint density at radius 3 is 2.73 bits per heavy atom. The van der Waals surface area contributed by atoms with Gasteiger partial charge >= 0.3 is 0 Å². The van der Waals surface area contributed by atoms with Crippen LogP contribution in [0.5, 0.6) is 5.75 Å². The van der Waals surface area contributed by atoms with E-state index in [0.29, 0.717) is 24.4 Å². The highest BCUT2D eigenvalue weighted by Gasteiger charge is 2.25. The number of aromatic nitrogens is 2. The maximum atomic E-state index is 12.3. The normalized spacial score (nSPS) is 13.7. The van der Waals surface area contributed by atoms with Crippen LogP contribution in [0, 0.1) is 5.92 Å².